The van der Waals surface area contributed by atoms with Crippen LogP contribution in [-0.4, -0.2) is 37.0 Å². The number of benzene rings is 2. The lowest BCUT2D eigenvalue weighted by Gasteiger charge is -2.19. The minimum absolute atomic E-state index is 0.0178. The summed E-state index contributed by atoms with van der Waals surface area (Å²) >= 11 is 0. The fraction of sp³-hybridized carbons (Fsp3) is 0.240. The summed E-state index contributed by atoms with van der Waals surface area (Å²) < 4.78 is 5.86. The molecule has 3 N–H and O–H groups in total. The number of nitrogens with two attached hydrogens (primary N) is 1. The Morgan fingerprint density at radius 1 is 1.12 bits per heavy atom. The lowest BCUT2D eigenvalue weighted by Crippen LogP contribution is -2.25. The monoisotopic (exact) mass is 432 g/mol. The number of nitrogens with zero attached hydrogens (tertiary/aromatic N) is 2. The zero-order valence-electron chi connectivity index (χ0n) is 18.4. The summed E-state index contributed by atoms with van der Waals surface area (Å²) in [6.07, 6.45) is 3.84. The number of nitrogens with one attached hydrogen (secondary N) is 1. The Balaban J connectivity index is 1.78. The SMILES string of the molecule is CCC(=O)N(C)c1ccc(-c2ccc(C(=O)NCc3cccnc3)cc2)c(OCCN)c1. The minimum Gasteiger partial charge on any atom is -0.492 e. The molecule has 0 unspecified atom stereocenters. The molecule has 0 saturated heterocycles. The van der Waals surface area contributed by atoms with Crippen LogP contribution < -0.4 is 20.7 Å². The van der Waals surface area contributed by atoms with E-state index in [4.69, 9.17) is 10.5 Å². The first-order valence-electron chi connectivity index (χ1n) is 10.5. The van der Waals surface area contributed by atoms with Gasteiger partial charge in [0.25, 0.3) is 5.91 Å². The van der Waals surface area contributed by atoms with Gasteiger partial charge in [0.2, 0.25) is 5.91 Å². The van der Waals surface area contributed by atoms with E-state index in [-0.39, 0.29) is 11.8 Å². The molecule has 2 aromatic carbocycles. The van der Waals surface area contributed by atoms with Crippen LogP contribution in [0.5, 0.6) is 5.75 Å². The second kappa shape index (κ2) is 11.1. The first kappa shape index (κ1) is 23.0. The number of amides is 2. The van der Waals surface area contributed by atoms with Crippen LogP contribution in [0.2, 0.25) is 0 Å². The van der Waals surface area contributed by atoms with Gasteiger partial charge in [-0.25, -0.2) is 0 Å². The molecule has 1 aromatic heterocycles. The number of hydrogen-bond acceptors (Lipinski definition) is 5. The quantitative estimate of drug-likeness (QED) is 0.540. The van der Waals surface area contributed by atoms with Gasteiger partial charge in [-0.2, -0.15) is 0 Å². The summed E-state index contributed by atoms with van der Waals surface area (Å²) in [5.41, 5.74) is 9.63. The Kier molecular flexibility index (Phi) is 7.94. The van der Waals surface area contributed by atoms with Crippen LogP contribution >= 0.6 is 0 Å². The zero-order valence-corrected chi connectivity index (χ0v) is 18.4. The van der Waals surface area contributed by atoms with Gasteiger partial charge in [-0.05, 0) is 41.5 Å². The third kappa shape index (κ3) is 5.70. The van der Waals surface area contributed by atoms with Gasteiger partial charge < -0.3 is 20.7 Å². The van der Waals surface area contributed by atoms with E-state index in [1.807, 2.05) is 49.4 Å². The second-order valence-electron chi connectivity index (χ2n) is 7.25. The van der Waals surface area contributed by atoms with E-state index < -0.39 is 0 Å². The molecule has 0 saturated carbocycles. The molecule has 0 spiro atoms. The van der Waals surface area contributed by atoms with Crippen LogP contribution in [0.25, 0.3) is 11.1 Å². The zero-order chi connectivity index (χ0) is 22.9. The highest BCUT2D eigenvalue weighted by atomic mass is 16.5. The van der Waals surface area contributed by atoms with E-state index in [9.17, 15) is 9.59 Å². The first-order valence-corrected chi connectivity index (χ1v) is 10.5. The number of ether oxygens (including phenoxy) is 1. The first-order chi connectivity index (χ1) is 15.5. The molecule has 2 amide bonds. The van der Waals surface area contributed by atoms with E-state index in [1.54, 1.807) is 36.5 Å². The summed E-state index contributed by atoms with van der Waals surface area (Å²) in [4.78, 5) is 30.2. The molecule has 7 nitrogen and oxygen atoms in total. The minimum atomic E-state index is -0.157. The van der Waals surface area contributed by atoms with Crippen LogP contribution in [0.3, 0.4) is 0 Å². The third-order valence-electron chi connectivity index (χ3n) is 5.04. The number of carbonyl (C=O) groups excluding carboxylic acids is 2. The van der Waals surface area contributed by atoms with Gasteiger partial charge in [-0.3, -0.25) is 14.6 Å². The molecule has 0 bridgehead atoms. The van der Waals surface area contributed by atoms with Crippen LogP contribution in [0.1, 0.15) is 29.3 Å². The van der Waals surface area contributed by atoms with Gasteiger partial charge in [0, 0.05) is 61.8 Å². The Labute approximate surface area is 188 Å². The fourth-order valence-electron chi connectivity index (χ4n) is 3.22. The smallest absolute Gasteiger partial charge is 0.251 e. The van der Waals surface area contributed by atoms with Crippen molar-refractivity contribution in [1.29, 1.82) is 0 Å². The summed E-state index contributed by atoms with van der Waals surface area (Å²) in [5.74, 6) is 0.497. The molecular weight excluding hydrogens is 404 g/mol. The van der Waals surface area contributed by atoms with E-state index in [0.717, 1.165) is 22.4 Å². The van der Waals surface area contributed by atoms with Crippen molar-refractivity contribution in [2.24, 2.45) is 5.73 Å². The van der Waals surface area contributed by atoms with Gasteiger partial charge in [0.05, 0.1) is 0 Å². The van der Waals surface area contributed by atoms with Crippen molar-refractivity contribution in [2.75, 3.05) is 25.1 Å². The number of rotatable bonds is 9. The van der Waals surface area contributed by atoms with Gasteiger partial charge >= 0.3 is 0 Å². The molecule has 0 aliphatic heterocycles. The standard InChI is InChI=1S/C25H28N4O3/c1-3-24(30)29(2)21-10-11-22(23(15-21)32-14-12-26)19-6-8-20(9-7-19)25(31)28-17-18-5-4-13-27-16-18/h4-11,13,15-16H,3,12,14,17,26H2,1-2H3,(H,28,31). The Morgan fingerprint density at radius 3 is 2.56 bits per heavy atom. The number of pyridine rings is 1. The molecule has 0 radical (unpaired) electrons. The lowest BCUT2D eigenvalue weighted by atomic mass is 10.0. The molecular formula is C25H28N4O3. The van der Waals surface area contributed by atoms with Crippen molar-refractivity contribution >= 4 is 17.5 Å². The maximum atomic E-state index is 12.5. The number of anilines is 1. The molecule has 7 heteroatoms. The van der Waals surface area contributed by atoms with Crippen molar-refractivity contribution in [3.8, 4) is 16.9 Å². The normalized spacial score (nSPS) is 10.5. The van der Waals surface area contributed by atoms with E-state index in [2.05, 4.69) is 10.3 Å². The second-order valence-corrected chi connectivity index (χ2v) is 7.25. The summed E-state index contributed by atoms with van der Waals surface area (Å²) in [6, 6.07) is 16.7. The average Bonchev–Trinajstić information content (AvgIpc) is 2.85. The van der Waals surface area contributed by atoms with Crippen molar-refractivity contribution < 1.29 is 14.3 Å². The third-order valence-corrected chi connectivity index (χ3v) is 5.04. The maximum absolute atomic E-state index is 12.5. The van der Waals surface area contributed by atoms with E-state index >= 15 is 0 Å². The summed E-state index contributed by atoms with van der Waals surface area (Å²) in [6.45, 7) is 2.98. The topological polar surface area (TPSA) is 97.5 Å². The molecule has 0 aliphatic carbocycles. The largest absolute Gasteiger partial charge is 0.492 e. The molecule has 0 aliphatic rings. The van der Waals surface area contributed by atoms with Gasteiger partial charge in [-0.15, -0.1) is 0 Å². The van der Waals surface area contributed by atoms with Crippen molar-refractivity contribution in [3.63, 3.8) is 0 Å². The van der Waals surface area contributed by atoms with E-state index in [0.29, 0.717) is 37.4 Å². The van der Waals surface area contributed by atoms with Crippen LogP contribution in [0.15, 0.2) is 67.0 Å². The van der Waals surface area contributed by atoms with Gasteiger partial charge in [0.15, 0.2) is 0 Å². The summed E-state index contributed by atoms with van der Waals surface area (Å²) in [7, 11) is 1.74. The number of aromatic nitrogens is 1. The van der Waals surface area contributed by atoms with Gasteiger partial charge in [0.1, 0.15) is 12.4 Å². The van der Waals surface area contributed by atoms with Gasteiger partial charge in [-0.1, -0.05) is 25.1 Å². The lowest BCUT2D eigenvalue weighted by molar-refractivity contribution is -0.118. The molecule has 166 valence electrons. The van der Waals surface area contributed by atoms with Crippen LogP contribution in [-0.2, 0) is 11.3 Å². The predicted molar refractivity (Wildman–Crippen MR) is 126 cm³/mol. The maximum Gasteiger partial charge on any atom is 0.251 e. The Hall–Kier alpha value is -3.71. The Morgan fingerprint density at radius 2 is 1.91 bits per heavy atom. The molecule has 1 heterocycles. The fourth-order valence-corrected chi connectivity index (χ4v) is 3.22. The molecule has 3 aromatic rings. The molecule has 0 fully saturated rings. The van der Waals surface area contributed by atoms with E-state index in [1.165, 1.54) is 0 Å². The highest BCUT2D eigenvalue weighted by Gasteiger charge is 2.14. The molecule has 32 heavy (non-hydrogen) atoms. The van der Waals surface area contributed by atoms with Crippen molar-refractivity contribution in [2.45, 2.75) is 19.9 Å². The average molecular weight is 433 g/mol. The molecule has 0 atom stereocenters. The highest BCUT2D eigenvalue weighted by molar-refractivity contribution is 5.95. The van der Waals surface area contributed by atoms with Crippen molar-refractivity contribution in [1.82, 2.24) is 10.3 Å². The summed E-state index contributed by atoms with van der Waals surface area (Å²) in [5, 5.41) is 2.89. The highest BCUT2D eigenvalue weighted by Crippen LogP contribution is 2.34. The Bertz CT molecular complexity index is 1050. The number of hydrogen-bond donors (Lipinski definition) is 2. The van der Waals surface area contributed by atoms with Crippen LogP contribution in [0.4, 0.5) is 5.69 Å². The van der Waals surface area contributed by atoms with Crippen LogP contribution in [0, 0.1) is 0 Å². The van der Waals surface area contributed by atoms with Crippen molar-refractivity contribution in [3.05, 3.63) is 78.1 Å². The number of carbonyl (C=O) groups is 2. The molecule has 3 rings (SSSR count). The predicted octanol–water partition coefficient (Wildman–Crippen LogP) is 3.39.